The minimum Gasteiger partial charge on any atom is -0.291 e. The topological polar surface area (TPSA) is 105 Å². The first kappa shape index (κ1) is 21.5. The van der Waals surface area contributed by atoms with Gasteiger partial charge in [-0.15, -0.1) is 0 Å². The molecule has 1 fully saturated rings. The van der Waals surface area contributed by atoms with Crippen LogP contribution in [0.3, 0.4) is 0 Å². The molecule has 1 N–H and O–H groups in total. The van der Waals surface area contributed by atoms with E-state index in [9.17, 15) is 18.0 Å². The fourth-order valence-corrected chi connectivity index (χ4v) is 6.48. The Hall–Kier alpha value is -2.78. The van der Waals surface area contributed by atoms with Crippen molar-refractivity contribution >= 4 is 21.1 Å². The number of H-pyrrole nitrogens is 1. The average Bonchev–Trinajstić information content (AvgIpc) is 2.73. The summed E-state index contributed by atoms with van der Waals surface area (Å²) >= 11 is 0. The highest BCUT2D eigenvalue weighted by atomic mass is 32.2. The molecule has 0 bridgehead atoms. The lowest BCUT2D eigenvalue weighted by atomic mass is 10.0. The zero-order valence-electron chi connectivity index (χ0n) is 18.1. The number of benzene rings is 1. The number of aromatic nitrogens is 3. The maximum atomic E-state index is 13.5. The number of hydrogen-bond donors (Lipinski definition) is 1. The van der Waals surface area contributed by atoms with Crippen molar-refractivity contribution in [2.24, 2.45) is 0 Å². The van der Waals surface area contributed by atoms with Gasteiger partial charge in [0.15, 0.2) is 0 Å². The molecule has 4 rings (SSSR count). The molecule has 0 atom stereocenters. The van der Waals surface area contributed by atoms with E-state index in [0.717, 1.165) is 22.3 Å². The molecule has 1 saturated heterocycles. The van der Waals surface area contributed by atoms with Crippen molar-refractivity contribution in [2.45, 2.75) is 51.5 Å². The molecule has 0 radical (unpaired) electrons. The monoisotopic (exact) mass is 442 g/mol. The minimum atomic E-state index is -3.68. The van der Waals surface area contributed by atoms with Gasteiger partial charge in [0.1, 0.15) is 5.65 Å². The summed E-state index contributed by atoms with van der Waals surface area (Å²) in [6.45, 7) is 8.00. The van der Waals surface area contributed by atoms with E-state index in [4.69, 9.17) is 0 Å². The predicted molar refractivity (Wildman–Crippen MR) is 119 cm³/mol. The fraction of sp³-hybridized carbons (Fsp3) is 0.409. The summed E-state index contributed by atoms with van der Waals surface area (Å²) in [5.41, 5.74) is 2.76. The van der Waals surface area contributed by atoms with Crippen LogP contribution in [0.4, 0.5) is 0 Å². The number of pyridine rings is 1. The van der Waals surface area contributed by atoms with E-state index in [1.165, 1.54) is 15.1 Å². The summed E-state index contributed by atoms with van der Waals surface area (Å²) in [6, 6.07) is 4.91. The number of hydrogen-bond acceptors (Lipinski definition) is 5. The molecule has 2 aromatic heterocycles. The standard InChI is InChI=1S/C22H26N4O4S/c1-13-12-14(2)16(4)19(15(13)3)31(29,30)25-10-7-17(8-11-25)26-21(27)18-6-5-9-23-20(18)24-22(26)28/h5-6,9,12,17H,7-8,10-11H2,1-4H3,(H,23,24,28). The van der Waals surface area contributed by atoms with Crippen molar-refractivity contribution in [2.75, 3.05) is 13.1 Å². The van der Waals surface area contributed by atoms with Gasteiger partial charge in [0.2, 0.25) is 10.0 Å². The van der Waals surface area contributed by atoms with Crippen LogP contribution in [0.2, 0.25) is 0 Å². The second kappa shape index (κ2) is 7.72. The van der Waals surface area contributed by atoms with E-state index in [1.54, 1.807) is 12.1 Å². The first-order valence-electron chi connectivity index (χ1n) is 10.3. The van der Waals surface area contributed by atoms with E-state index in [2.05, 4.69) is 9.97 Å². The van der Waals surface area contributed by atoms with Gasteiger partial charge in [-0.1, -0.05) is 6.07 Å². The summed E-state index contributed by atoms with van der Waals surface area (Å²) in [5.74, 6) is 0. The molecule has 1 aliphatic heterocycles. The molecule has 1 aliphatic rings. The molecule has 31 heavy (non-hydrogen) atoms. The Kier molecular flexibility index (Phi) is 5.35. The Balaban J connectivity index is 1.65. The number of nitrogens with one attached hydrogen (secondary N) is 1. The van der Waals surface area contributed by atoms with Gasteiger partial charge in [0.25, 0.3) is 5.56 Å². The molecule has 3 aromatic rings. The normalized spacial score (nSPS) is 16.1. The van der Waals surface area contributed by atoms with E-state index >= 15 is 0 Å². The van der Waals surface area contributed by atoms with Crippen molar-refractivity contribution in [1.29, 1.82) is 0 Å². The molecule has 164 valence electrons. The van der Waals surface area contributed by atoms with Crippen LogP contribution in [0.1, 0.15) is 41.1 Å². The van der Waals surface area contributed by atoms with Crippen LogP contribution >= 0.6 is 0 Å². The molecule has 0 amide bonds. The largest absolute Gasteiger partial charge is 0.330 e. The number of aromatic amines is 1. The molecule has 0 aliphatic carbocycles. The zero-order valence-corrected chi connectivity index (χ0v) is 18.9. The molecule has 1 aromatic carbocycles. The van der Waals surface area contributed by atoms with Gasteiger partial charge in [0.05, 0.1) is 10.3 Å². The second-order valence-electron chi connectivity index (χ2n) is 8.23. The molecule has 0 unspecified atom stereocenters. The average molecular weight is 443 g/mol. The van der Waals surface area contributed by atoms with Gasteiger partial charge in [-0.05, 0) is 74.9 Å². The molecular weight excluding hydrogens is 416 g/mol. The third-order valence-electron chi connectivity index (χ3n) is 6.38. The third kappa shape index (κ3) is 3.51. The summed E-state index contributed by atoms with van der Waals surface area (Å²) in [6.07, 6.45) is 2.29. The van der Waals surface area contributed by atoms with Crippen molar-refractivity contribution < 1.29 is 8.42 Å². The molecule has 0 spiro atoms. The summed E-state index contributed by atoms with van der Waals surface area (Å²) < 4.78 is 29.6. The SMILES string of the molecule is Cc1cc(C)c(C)c(S(=O)(=O)N2CCC(n3c(=O)[nH]c4ncccc4c3=O)CC2)c1C. The second-order valence-corrected chi connectivity index (χ2v) is 10.1. The van der Waals surface area contributed by atoms with E-state index in [-0.39, 0.29) is 24.8 Å². The van der Waals surface area contributed by atoms with Crippen molar-refractivity contribution in [1.82, 2.24) is 18.8 Å². The fourth-order valence-electron chi connectivity index (χ4n) is 4.43. The van der Waals surface area contributed by atoms with Gasteiger partial charge < -0.3 is 0 Å². The highest BCUT2D eigenvalue weighted by Crippen LogP contribution is 2.31. The smallest absolute Gasteiger partial charge is 0.291 e. The summed E-state index contributed by atoms with van der Waals surface area (Å²) in [5, 5.41) is 0.346. The van der Waals surface area contributed by atoms with Gasteiger partial charge in [-0.25, -0.2) is 18.2 Å². The highest BCUT2D eigenvalue weighted by molar-refractivity contribution is 7.89. The van der Waals surface area contributed by atoms with Crippen LogP contribution in [0.5, 0.6) is 0 Å². The Morgan fingerprint density at radius 1 is 1.03 bits per heavy atom. The van der Waals surface area contributed by atoms with Crippen LogP contribution in [0, 0.1) is 27.7 Å². The maximum absolute atomic E-state index is 13.5. The first-order chi connectivity index (χ1) is 14.6. The van der Waals surface area contributed by atoms with E-state index in [1.807, 2.05) is 33.8 Å². The molecule has 8 nitrogen and oxygen atoms in total. The molecular formula is C22H26N4O4S. The number of fused-ring (bicyclic) bond motifs is 1. The number of nitrogens with zero attached hydrogens (tertiary/aromatic N) is 3. The zero-order chi connectivity index (χ0) is 22.5. The lowest BCUT2D eigenvalue weighted by molar-refractivity contribution is 0.266. The van der Waals surface area contributed by atoms with Crippen LogP contribution in [-0.4, -0.2) is 40.3 Å². The number of aryl methyl sites for hydroxylation is 2. The Labute approximate surface area is 180 Å². The third-order valence-corrected chi connectivity index (χ3v) is 8.56. The quantitative estimate of drug-likeness (QED) is 0.670. The van der Waals surface area contributed by atoms with Crippen LogP contribution < -0.4 is 11.2 Å². The Bertz CT molecular complexity index is 1370. The van der Waals surface area contributed by atoms with Gasteiger partial charge >= 0.3 is 5.69 Å². The van der Waals surface area contributed by atoms with Crippen molar-refractivity contribution in [3.8, 4) is 0 Å². The summed E-state index contributed by atoms with van der Waals surface area (Å²) in [7, 11) is -3.68. The minimum absolute atomic E-state index is 0.246. The van der Waals surface area contributed by atoms with Crippen LogP contribution in [0.25, 0.3) is 11.0 Å². The summed E-state index contributed by atoms with van der Waals surface area (Å²) in [4.78, 5) is 32.5. The Morgan fingerprint density at radius 3 is 2.26 bits per heavy atom. The first-order valence-corrected chi connectivity index (χ1v) is 11.7. The van der Waals surface area contributed by atoms with Gasteiger partial charge in [-0.2, -0.15) is 4.31 Å². The number of sulfonamides is 1. The molecule has 0 saturated carbocycles. The van der Waals surface area contributed by atoms with Crippen molar-refractivity contribution in [3.05, 3.63) is 67.5 Å². The van der Waals surface area contributed by atoms with Crippen LogP contribution in [0.15, 0.2) is 38.9 Å². The van der Waals surface area contributed by atoms with E-state index in [0.29, 0.717) is 23.1 Å². The van der Waals surface area contributed by atoms with Crippen molar-refractivity contribution in [3.63, 3.8) is 0 Å². The van der Waals surface area contributed by atoms with E-state index < -0.39 is 21.3 Å². The lowest BCUT2D eigenvalue weighted by Gasteiger charge is -2.32. The van der Waals surface area contributed by atoms with Gasteiger partial charge in [-0.3, -0.25) is 14.3 Å². The van der Waals surface area contributed by atoms with Crippen LogP contribution in [-0.2, 0) is 10.0 Å². The Morgan fingerprint density at radius 2 is 1.65 bits per heavy atom. The molecule has 3 heterocycles. The number of rotatable bonds is 3. The number of piperidine rings is 1. The lowest BCUT2D eigenvalue weighted by Crippen LogP contribution is -2.45. The highest BCUT2D eigenvalue weighted by Gasteiger charge is 2.33. The predicted octanol–water partition coefficient (Wildman–Crippen LogP) is 2.34. The van der Waals surface area contributed by atoms with Gasteiger partial charge in [0, 0.05) is 25.3 Å². The maximum Gasteiger partial charge on any atom is 0.330 e. The molecule has 9 heteroatoms.